The average molecular weight is 282 g/mol. The molecule has 2 heterocycles. The lowest BCUT2D eigenvalue weighted by molar-refractivity contribution is -0.118. The number of benzene rings is 1. The highest BCUT2D eigenvalue weighted by Crippen LogP contribution is 2.31. The van der Waals surface area contributed by atoms with E-state index < -0.39 is 0 Å². The molecule has 1 aliphatic heterocycles. The van der Waals surface area contributed by atoms with Gasteiger partial charge in [0, 0.05) is 24.7 Å². The molecule has 0 bridgehead atoms. The number of ether oxygens (including phenoxy) is 1. The zero-order valence-electron chi connectivity index (χ0n) is 12.3. The van der Waals surface area contributed by atoms with Crippen molar-refractivity contribution in [3.63, 3.8) is 0 Å². The molecule has 21 heavy (non-hydrogen) atoms. The first-order chi connectivity index (χ1) is 10.2. The molecular formula is C17H18N2O2. The summed E-state index contributed by atoms with van der Waals surface area (Å²) in [4.78, 5) is 17.9. The molecule has 3 rings (SSSR count). The van der Waals surface area contributed by atoms with E-state index in [0.717, 1.165) is 29.1 Å². The molecule has 0 atom stereocenters. The van der Waals surface area contributed by atoms with E-state index in [1.165, 1.54) is 5.56 Å². The quantitative estimate of drug-likeness (QED) is 0.869. The summed E-state index contributed by atoms with van der Waals surface area (Å²) in [6, 6.07) is 10.0. The van der Waals surface area contributed by atoms with Crippen LogP contribution >= 0.6 is 0 Å². The minimum absolute atomic E-state index is 0.175. The van der Waals surface area contributed by atoms with Crippen LogP contribution in [0, 0.1) is 0 Å². The van der Waals surface area contributed by atoms with E-state index in [9.17, 15) is 4.79 Å². The van der Waals surface area contributed by atoms with E-state index >= 15 is 0 Å². The zero-order chi connectivity index (χ0) is 14.8. The summed E-state index contributed by atoms with van der Waals surface area (Å²) < 4.78 is 5.41. The lowest BCUT2D eigenvalue weighted by Crippen LogP contribution is -2.30. The third-order valence-electron chi connectivity index (χ3n) is 3.77. The number of amides is 1. The average Bonchev–Trinajstić information content (AvgIpc) is 2.52. The summed E-state index contributed by atoms with van der Waals surface area (Å²) in [7, 11) is 1.83. The van der Waals surface area contributed by atoms with E-state index in [2.05, 4.69) is 11.1 Å². The standard InChI is InChI=1S/C17H18N2O2/c1-3-21-14-6-7-15(18-11-14)12-4-8-16-13(10-12)5-9-17(20)19(16)2/h4,6-8,10-11H,3,5,9H2,1-2H3. The van der Waals surface area contributed by atoms with Gasteiger partial charge in [-0.25, -0.2) is 0 Å². The lowest BCUT2D eigenvalue weighted by Gasteiger charge is -2.26. The van der Waals surface area contributed by atoms with Gasteiger partial charge in [0.25, 0.3) is 0 Å². The summed E-state index contributed by atoms with van der Waals surface area (Å²) in [5.74, 6) is 0.957. The minimum Gasteiger partial charge on any atom is -0.492 e. The molecule has 1 aliphatic rings. The van der Waals surface area contributed by atoms with Crippen LogP contribution in [0.15, 0.2) is 36.5 Å². The van der Waals surface area contributed by atoms with E-state index in [-0.39, 0.29) is 5.91 Å². The van der Waals surface area contributed by atoms with Crippen LogP contribution in [0.5, 0.6) is 5.75 Å². The molecule has 1 aromatic carbocycles. The number of pyridine rings is 1. The van der Waals surface area contributed by atoms with Crippen LogP contribution in [0.3, 0.4) is 0 Å². The number of nitrogens with zero attached hydrogens (tertiary/aromatic N) is 2. The Labute approximate surface area is 124 Å². The van der Waals surface area contributed by atoms with E-state index in [1.807, 2.05) is 38.2 Å². The number of anilines is 1. The number of fused-ring (bicyclic) bond motifs is 1. The highest BCUT2D eigenvalue weighted by atomic mass is 16.5. The van der Waals surface area contributed by atoms with Gasteiger partial charge >= 0.3 is 0 Å². The Morgan fingerprint density at radius 1 is 1.24 bits per heavy atom. The summed E-state index contributed by atoms with van der Waals surface area (Å²) in [6.45, 7) is 2.59. The number of rotatable bonds is 3. The van der Waals surface area contributed by atoms with Crippen LogP contribution < -0.4 is 9.64 Å². The van der Waals surface area contributed by atoms with Crippen molar-refractivity contribution in [1.82, 2.24) is 4.98 Å². The molecule has 0 radical (unpaired) electrons. The molecular weight excluding hydrogens is 264 g/mol. The summed E-state index contributed by atoms with van der Waals surface area (Å²) in [5, 5.41) is 0. The van der Waals surface area contributed by atoms with Gasteiger partial charge in [0.15, 0.2) is 0 Å². The van der Waals surface area contributed by atoms with Gasteiger partial charge < -0.3 is 9.64 Å². The predicted molar refractivity (Wildman–Crippen MR) is 82.6 cm³/mol. The molecule has 4 heteroatoms. The third-order valence-corrected chi connectivity index (χ3v) is 3.77. The second-order valence-electron chi connectivity index (χ2n) is 5.11. The topological polar surface area (TPSA) is 42.4 Å². The van der Waals surface area contributed by atoms with Gasteiger partial charge in [0.2, 0.25) is 5.91 Å². The molecule has 0 N–H and O–H groups in total. The maximum atomic E-state index is 11.7. The van der Waals surface area contributed by atoms with Crippen molar-refractivity contribution in [1.29, 1.82) is 0 Å². The van der Waals surface area contributed by atoms with Gasteiger partial charge in [-0.15, -0.1) is 0 Å². The Bertz CT molecular complexity index is 665. The van der Waals surface area contributed by atoms with Gasteiger partial charge in [-0.3, -0.25) is 9.78 Å². The smallest absolute Gasteiger partial charge is 0.227 e. The molecule has 0 fully saturated rings. The maximum absolute atomic E-state index is 11.7. The molecule has 4 nitrogen and oxygen atoms in total. The lowest BCUT2D eigenvalue weighted by atomic mass is 9.98. The van der Waals surface area contributed by atoms with E-state index in [0.29, 0.717) is 13.0 Å². The number of aromatic nitrogens is 1. The number of hydrogen-bond acceptors (Lipinski definition) is 3. The first-order valence-electron chi connectivity index (χ1n) is 7.17. The molecule has 0 saturated heterocycles. The predicted octanol–water partition coefficient (Wildman–Crippen LogP) is 3.06. The molecule has 1 amide bonds. The highest BCUT2D eigenvalue weighted by Gasteiger charge is 2.20. The largest absolute Gasteiger partial charge is 0.492 e. The van der Waals surface area contributed by atoms with E-state index in [1.54, 1.807) is 11.1 Å². The Balaban J connectivity index is 1.91. The summed E-state index contributed by atoms with van der Waals surface area (Å²) in [6.07, 6.45) is 3.11. The molecule has 1 aromatic heterocycles. The van der Waals surface area contributed by atoms with Crippen LogP contribution in [0.25, 0.3) is 11.3 Å². The Morgan fingerprint density at radius 2 is 2.10 bits per heavy atom. The van der Waals surface area contributed by atoms with Crippen LogP contribution in [0.2, 0.25) is 0 Å². The molecule has 108 valence electrons. The zero-order valence-corrected chi connectivity index (χ0v) is 12.3. The second-order valence-corrected chi connectivity index (χ2v) is 5.11. The van der Waals surface area contributed by atoms with Crippen molar-refractivity contribution in [3.8, 4) is 17.0 Å². The Hall–Kier alpha value is -2.36. The van der Waals surface area contributed by atoms with Gasteiger partial charge in [0.1, 0.15) is 5.75 Å². The van der Waals surface area contributed by atoms with Crippen LogP contribution in [0.1, 0.15) is 18.9 Å². The summed E-state index contributed by atoms with van der Waals surface area (Å²) in [5.41, 5.74) is 4.19. The number of hydrogen-bond donors (Lipinski definition) is 0. The van der Waals surface area contributed by atoms with Crippen LogP contribution in [0.4, 0.5) is 5.69 Å². The van der Waals surface area contributed by atoms with Crippen molar-refractivity contribution in [2.24, 2.45) is 0 Å². The van der Waals surface area contributed by atoms with Gasteiger partial charge in [-0.1, -0.05) is 6.07 Å². The highest BCUT2D eigenvalue weighted by molar-refractivity contribution is 5.96. The number of carbonyl (C=O) groups excluding carboxylic acids is 1. The third kappa shape index (κ3) is 2.61. The van der Waals surface area contributed by atoms with Gasteiger partial charge in [0.05, 0.1) is 18.5 Å². The second kappa shape index (κ2) is 5.56. The van der Waals surface area contributed by atoms with Crippen molar-refractivity contribution in [3.05, 3.63) is 42.1 Å². The first kappa shape index (κ1) is 13.6. The Morgan fingerprint density at radius 3 is 2.81 bits per heavy atom. The fourth-order valence-corrected chi connectivity index (χ4v) is 2.62. The fraction of sp³-hybridized carbons (Fsp3) is 0.294. The molecule has 0 unspecified atom stereocenters. The molecule has 2 aromatic rings. The monoisotopic (exact) mass is 282 g/mol. The van der Waals surface area contributed by atoms with Gasteiger partial charge in [-0.05, 0) is 43.2 Å². The van der Waals surface area contributed by atoms with Crippen molar-refractivity contribution >= 4 is 11.6 Å². The van der Waals surface area contributed by atoms with Crippen LogP contribution in [-0.4, -0.2) is 24.5 Å². The Kier molecular flexibility index (Phi) is 3.60. The molecule has 0 aliphatic carbocycles. The summed E-state index contributed by atoms with van der Waals surface area (Å²) >= 11 is 0. The molecule has 0 spiro atoms. The maximum Gasteiger partial charge on any atom is 0.227 e. The molecule has 0 saturated carbocycles. The van der Waals surface area contributed by atoms with Gasteiger partial charge in [-0.2, -0.15) is 0 Å². The van der Waals surface area contributed by atoms with Crippen molar-refractivity contribution in [2.45, 2.75) is 19.8 Å². The fourth-order valence-electron chi connectivity index (χ4n) is 2.62. The van der Waals surface area contributed by atoms with Crippen molar-refractivity contribution in [2.75, 3.05) is 18.6 Å². The van der Waals surface area contributed by atoms with E-state index in [4.69, 9.17) is 4.74 Å². The van der Waals surface area contributed by atoms with Crippen molar-refractivity contribution < 1.29 is 9.53 Å². The van der Waals surface area contributed by atoms with Crippen LogP contribution in [-0.2, 0) is 11.2 Å². The SMILES string of the molecule is CCOc1ccc(-c2ccc3c(c2)CCC(=O)N3C)nc1. The normalized spacial score (nSPS) is 14.0. The first-order valence-corrected chi connectivity index (χ1v) is 7.17. The number of carbonyl (C=O) groups is 1. The number of aryl methyl sites for hydroxylation is 1. The minimum atomic E-state index is 0.175.